The zero-order valence-electron chi connectivity index (χ0n) is 17.4. The van der Waals surface area contributed by atoms with E-state index in [1.54, 1.807) is 6.92 Å². The number of nitrogens with one attached hydrogen (secondary N) is 1. The molecule has 0 spiro atoms. The van der Waals surface area contributed by atoms with E-state index in [1.165, 1.54) is 19.1 Å². The van der Waals surface area contributed by atoms with Crippen molar-refractivity contribution >= 4 is 38.8 Å². The van der Waals surface area contributed by atoms with Crippen LogP contribution in [0.15, 0.2) is 35.2 Å². The molecule has 3 fully saturated rings. The first-order valence-corrected chi connectivity index (χ1v) is 11.9. The number of Topliss-reactive ketones (excluding diaryl/α,β-unsaturated/α-hetero) is 1. The minimum Gasteiger partial charge on any atom is -0.382 e. The molecule has 3 aliphatic carbocycles. The average Bonchev–Trinajstić information content (AvgIpc) is 3.21. The molecule has 2 N–H and O–H groups in total. The van der Waals surface area contributed by atoms with Crippen molar-refractivity contribution in [3.05, 3.63) is 58.4 Å². The Morgan fingerprint density at radius 2 is 1.76 bits per heavy atom. The Morgan fingerprint density at radius 3 is 2.30 bits per heavy atom. The molecule has 1 unspecified atom stereocenters. The van der Waals surface area contributed by atoms with E-state index in [-0.39, 0.29) is 33.5 Å². The summed E-state index contributed by atoms with van der Waals surface area (Å²) < 4.78 is 66.8. The highest BCUT2D eigenvalue weighted by Crippen LogP contribution is 2.62. The van der Waals surface area contributed by atoms with Gasteiger partial charge in [-0.15, -0.1) is 0 Å². The SMILES string of the molecule is CC(=O)[C@@]1(O)C[C@@H]2[C@H](C)C1[C@@H]2S(=O)(=O)c1cc(C(=O)Nc2cc(F)c(F)c(F)c2)ccc1Cl. The molecule has 6 nitrogen and oxygen atoms in total. The van der Waals surface area contributed by atoms with Crippen LogP contribution in [-0.4, -0.2) is 36.1 Å². The Morgan fingerprint density at radius 1 is 1.15 bits per heavy atom. The molecule has 0 radical (unpaired) electrons. The Balaban J connectivity index is 1.65. The molecule has 2 aromatic carbocycles. The quantitative estimate of drug-likeness (QED) is 0.608. The lowest BCUT2D eigenvalue weighted by molar-refractivity contribution is -0.138. The molecule has 0 aromatic heterocycles. The van der Waals surface area contributed by atoms with Gasteiger partial charge in [-0.05, 0) is 43.4 Å². The fraction of sp³-hybridized carbons (Fsp3) is 0.364. The molecule has 5 rings (SSSR count). The summed E-state index contributed by atoms with van der Waals surface area (Å²) in [6.45, 7) is 2.99. The van der Waals surface area contributed by atoms with Crippen LogP contribution in [0.2, 0.25) is 5.02 Å². The van der Waals surface area contributed by atoms with Gasteiger partial charge in [-0.3, -0.25) is 9.59 Å². The van der Waals surface area contributed by atoms with Crippen LogP contribution in [0.3, 0.4) is 0 Å². The van der Waals surface area contributed by atoms with Crippen molar-refractivity contribution in [1.29, 1.82) is 0 Å². The number of anilines is 1. The molecule has 3 saturated carbocycles. The number of carbonyl (C=O) groups is 2. The Bertz CT molecular complexity index is 1280. The van der Waals surface area contributed by atoms with Gasteiger partial charge in [-0.25, -0.2) is 21.6 Å². The maximum atomic E-state index is 13.4. The van der Waals surface area contributed by atoms with Crippen LogP contribution in [-0.2, 0) is 14.6 Å². The van der Waals surface area contributed by atoms with Crippen LogP contribution in [0, 0.1) is 35.2 Å². The van der Waals surface area contributed by atoms with Gasteiger partial charge in [0.05, 0.1) is 15.2 Å². The summed E-state index contributed by atoms with van der Waals surface area (Å²) in [5, 5.41) is 11.7. The van der Waals surface area contributed by atoms with Crippen molar-refractivity contribution in [3.63, 3.8) is 0 Å². The van der Waals surface area contributed by atoms with Gasteiger partial charge >= 0.3 is 0 Å². The fourth-order valence-electron chi connectivity index (χ4n) is 5.13. The molecule has 1 amide bonds. The maximum Gasteiger partial charge on any atom is 0.255 e. The largest absolute Gasteiger partial charge is 0.382 e. The fourth-order valence-corrected chi connectivity index (χ4v) is 8.16. The number of sulfone groups is 1. The summed E-state index contributed by atoms with van der Waals surface area (Å²) >= 11 is 6.13. The smallest absolute Gasteiger partial charge is 0.255 e. The summed E-state index contributed by atoms with van der Waals surface area (Å²) in [5.41, 5.74) is -2.28. The second kappa shape index (κ2) is 7.82. The number of hydrogen-bond donors (Lipinski definition) is 2. The minimum absolute atomic E-state index is 0.0254. The number of aliphatic hydroxyl groups is 1. The molecule has 0 saturated heterocycles. The molecule has 2 aromatic rings. The average molecular weight is 502 g/mol. The van der Waals surface area contributed by atoms with Gasteiger partial charge in [0.2, 0.25) is 0 Å². The Labute approximate surface area is 192 Å². The topological polar surface area (TPSA) is 101 Å². The highest BCUT2D eigenvalue weighted by molar-refractivity contribution is 7.92. The second-order valence-electron chi connectivity index (χ2n) is 8.60. The predicted molar refractivity (Wildman–Crippen MR) is 113 cm³/mol. The van der Waals surface area contributed by atoms with Crippen molar-refractivity contribution in [1.82, 2.24) is 0 Å². The predicted octanol–water partition coefficient (Wildman–Crippen LogP) is 3.76. The zero-order chi connectivity index (χ0) is 24.5. The van der Waals surface area contributed by atoms with Crippen LogP contribution in [0.1, 0.15) is 30.6 Å². The van der Waals surface area contributed by atoms with Gasteiger partial charge in [-0.1, -0.05) is 18.5 Å². The van der Waals surface area contributed by atoms with E-state index in [0.717, 1.165) is 6.07 Å². The third-order valence-electron chi connectivity index (χ3n) is 6.83. The molecule has 0 aliphatic heterocycles. The molecule has 0 heterocycles. The van der Waals surface area contributed by atoms with Gasteiger partial charge in [0.25, 0.3) is 5.91 Å². The molecular formula is C22H19ClF3NO5S. The third kappa shape index (κ3) is 3.55. The molecule has 33 heavy (non-hydrogen) atoms. The molecule has 2 bridgehead atoms. The van der Waals surface area contributed by atoms with Crippen molar-refractivity contribution < 1.29 is 36.3 Å². The first kappa shape index (κ1) is 23.7. The number of amides is 1. The second-order valence-corrected chi connectivity index (χ2v) is 11.1. The van der Waals surface area contributed by atoms with Crippen molar-refractivity contribution in [2.45, 2.75) is 36.0 Å². The van der Waals surface area contributed by atoms with E-state index in [1.807, 2.05) is 0 Å². The third-order valence-corrected chi connectivity index (χ3v) is 9.58. The van der Waals surface area contributed by atoms with Crippen molar-refractivity contribution in [2.75, 3.05) is 5.32 Å². The van der Waals surface area contributed by atoms with E-state index in [9.17, 15) is 36.3 Å². The van der Waals surface area contributed by atoms with Gasteiger partial charge in [0.1, 0.15) is 5.60 Å². The van der Waals surface area contributed by atoms with E-state index in [0.29, 0.717) is 12.1 Å². The van der Waals surface area contributed by atoms with Gasteiger partial charge in [-0.2, -0.15) is 0 Å². The minimum atomic E-state index is -4.15. The standard InChI is InChI=1S/C22H19ClF3NO5S/c1-9-13-8-22(30,10(2)28)18(9)20(13)33(31,32)17-5-11(3-4-14(17)23)21(29)27-12-6-15(24)19(26)16(25)7-12/h3-7,9,13,18,20,30H,8H2,1-2H3,(H,27,29)/t9-,13+,18?,20+,22-/m0/s1. The number of hydrogen-bond acceptors (Lipinski definition) is 5. The van der Waals surface area contributed by atoms with Gasteiger partial charge in [0, 0.05) is 29.3 Å². The first-order valence-electron chi connectivity index (χ1n) is 10.0. The van der Waals surface area contributed by atoms with Crippen LogP contribution < -0.4 is 5.32 Å². The zero-order valence-corrected chi connectivity index (χ0v) is 19.0. The molecule has 5 atom stereocenters. The molecular weight excluding hydrogens is 483 g/mol. The molecule has 176 valence electrons. The van der Waals surface area contributed by atoms with E-state index < -0.39 is 61.7 Å². The van der Waals surface area contributed by atoms with Crippen molar-refractivity contribution in [3.8, 4) is 0 Å². The van der Waals surface area contributed by atoms with E-state index in [4.69, 9.17) is 11.6 Å². The normalized spacial score (nSPS) is 28.3. The summed E-state index contributed by atoms with van der Waals surface area (Å²) in [7, 11) is -4.15. The number of carbonyl (C=O) groups excluding carboxylic acids is 2. The van der Waals surface area contributed by atoms with Gasteiger partial charge in [0.15, 0.2) is 33.1 Å². The number of halogens is 4. The molecule has 3 aliphatic rings. The number of fused-ring (bicyclic) bond motifs is 1. The number of benzene rings is 2. The van der Waals surface area contributed by atoms with Crippen LogP contribution >= 0.6 is 11.6 Å². The summed E-state index contributed by atoms with van der Waals surface area (Å²) in [6, 6.07) is 4.60. The first-order chi connectivity index (χ1) is 15.3. The number of rotatable bonds is 5. The lowest BCUT2D eigenvalue weighted by Gasteiger charge is -2.44. The summed E-state index contributed by atoms with van der Waals surface area (Å²) in [6.07, 6.45) is 0.0254. The van der Waals surface area contributed by atoms with E-state index in [2.05, 4.69) is 5.32 Å². The highest BCUT2D eigenvalue weighted by atomic mass is 35.5. The lowest BCUT2D eigenvalue weighted by Crippen LogP contribution is -2.54. The number of ketones is 1. The van der Waals surface area contributed by atoms with Crippen LogP contribution in [0.4, 0.5) is 18.9 Å². The summed E-state index contributed by atoms with van der Waals surface area (Å²) in [4.78, 5) is 24.2. The van der Waals surface area contributed by atoms with Gasteiger partial charge < -0.3 is 10.4 Å². The maximum absolute atomic E-state index is 13.4. The summed E-state index contributed by atoms with van der Waals surface area (Å²) in [5.74, 6) is -7.54. The Hall–Kier alpha value is -2.43. The highest BCUT2D eigenvalue weighted by Gasteiger charge is 2.71. The Kier molecular flexibility index (Phi) is 5.62. The van der Waals surface area contributed by atoms with E-state index >= 15 is 0 Å². The lowest BCUT2D eigenvalue weighted by atomic mass is 9.70. The van der Waals surface area contributed by atoms with Crippen LogP contribution in [0.25, 0.3) is 0 Å². The van der Waals surface area contributed by atoms with Crippen LogP contribution in [0.5, 0.6) is 0 Å². The van der Waals surface area contributed by atoms with Crippen molar-refractivity contribution in [2.24, 2.45) is 17.8 Å². The monoisotopic (exact) mass is 501 g/mol. The molecule has 11 heteroatoms.